The van der Waals surface area contributed by atoms with Gasteiger partial charge in [0.25, 0.3) is 0 Å². The average Bonchev–Trinajstić information content (AvgIpc) is 3.26. The number of unbranched alkanes of at least 4 members (excludes halogenated alkanes) is 26. The van der Waals surface area contributed by atoms with Crippen molar-refractivity contribution < 1.29 is 39.8 Å². The molecule has 1 amide bonds. The minimum atomic E-state index is -1.57. The van der Waals surface area contributed by atoms with Crippen molar-refractivity contribution >= 4 is 5.91 Å². The van der Waals surface area contributed by atoms with Gasteiger partial charge in [0.2, 0.25) is 5.91 Å². The molecule has 0 aliphatic carbocycles. The molecule has 0 aromatic heterocycles. The first-order valence-electron chi connectivity index (χ1n) is 25.4. The Hall–Kier alpha value is -1.85. The number of carbonyl (C=O) groups is 1. The Balaban J connectivity index is 2.21. The molecular weight excluding hydrogens is 767 g/mol. The van der Waals surface area contributed by atoms with Gasteiger partial charge in [0.1, 0.15) is 24.4 Å². The van der Waals surface area contributed by atoms with Crippen molar-refractivity contribution in [3.8, 4) is 0 Å². The lowest BCUT2D eigenvalue weighted by atomic mass is 9.99. The smallest absolute Gasteiger partial charge is 0.220 e. The summed E-state index contributed by atoms with van der Waals surface area (Å²) < 4.78 is 11.2. The summed E-state index contributed by atoms with van der Waals surface area (Å²) in [5.41, 5.74) is 0. The van der Waals surface area contributed by atoms with Crippen LogP contribution in [0.4, 0.5) is 0 Å². The monoisotopic (exact) mass is 862 g/mol. The maximum absolute atomic E-state index is 13.0. The second-order valence-electron chi connectivity index (χ2n) is 17.6. The highest BCUT2D eigenvalue weighted by Crippen LogP contribution is 2.23. The predicted molar refractivity (Wildman–Crippen MR) is 253 cm³/mol. The summed E-state index contributed by atoms with van der Waals surface area (Å²) in [4.78, 5) is 13.0. The number of rotatable bonds is 42. The zero-order valence-electron chi connectivity index (χ0n) is 39.2. The van der Waals surface area contributed by atoms with Crippen LogP contribution in [0.25, 0.3) is 0 Å². The normalized spacial score (nSPS) is 20.8. The number of aliphatic hydroxyl groups excluding tert-OH is 5. The van der Waals surface area contributed by atoms with Crippen molar-refractivity contribution in [1.82, 2.24) is 5.32 Å². The van der Waals surface area contributed by atoms with E-state index >= 15 is 0 Å². The molecule has 7 atom stereocenters. The van der Waals surface area contributed by atoms with E-state index in [1.165, 1.54) is 154 Å². The van der Waals surface area contributed by atoms with Crippen LogP contribution in [0.2, 0.25) is 0 Å². The van der Waals surface area contributed by atoms with Gasteiger partial charge in [-0.3, -0.25) is 4.79 Å². The molecule has 1 fully saturated rings. The van der Waals surface area contributed by atoms with Crippen molar-refractivity contribution in [1.29, 1.82) is 0 Å². The minimum absolute atomic E-state index is 0.191. The average molecular weight is 862 g/mol. The molecule has 0 radical (unpaired) electrons. The number of allylic oxidation sites excluding steroid dienone is 7. The molecule has 1 rings (SSSR count). The van der Waals surface area contributed by atoms with Gasteiger partial charge in [-0.25, -0.2) is 0 Å². The molecule has 61 heavy (non-hydrogen) atoms. The number of carbonyl (C=O) groups excluding carboxylic acids is 1. The van der Waals surface area contributed by atoms with E-state index in [-0.39, 0.29) is 12.5 Å². The van der Waals surface area contributed by atoms with Crippen LogP contribution in [-0.4, -0.2) is 87.5 Å². The van der Waals surface area contributed by atoms with Crippen LogP contribution in [0.1, 0.15) is 219 Å². The molecule has 1 saturated heterocycles. The molecule has 356 valence electrons. The summed E-state index contributed by atoms with van der Waals surface area (Å²) in [7, 11) is 0. The number of hydrogen-bond donors (Lipinski definition) is 6. The topological polar surface area (TPSA) is 149 Å². The lowest BCUT2D eigenvalue weighted by Gasteiger charge is -2.40. The van der Waals surface area contributed by atoms with Gasteiger partial charge in [0, 0.05) is 6.42 Å². The number of nitrogens with one attached hydrogen (secondary N) is 1. The summed E-state index contributed by atoms with van der Waals surface area (Å²) in [6.07, 6.45) is 47.5. The Bertz CT molecular complexity index is 1090. The van der Waals surface area contributed by atoms with E-state index in [0.717, 1.165) is 44.9 Å². The third-order valence-electron chi connectivity index (χ3n) is 11.9. The van der Waals surface area contributed by atoms with Gasteiger partial charge in [-0.2, -0.15) is 0 Å². The number of ether oxygens (including phenoxy) is 2. The Morgan fingerprint density at radius 1 is 0.557 bits per heavy atom. The minimum Gasteiger partial charge on any atom is -0.394 e. The van der Waals surface area contributed by atoms with Gasteiger partial charge in [-0.1, -0.05) is 197 Å². The molecule has 0 aromatic rings. The first-order valence-corrected chi connectivity index (χ1v) is 25.4. The largest absolute Gasteiger partial charge is 0.394 e. The molecule has 0 spiro atoms. The predicted octanol–water partition coefficient (Wildman–Crippen LogP) is 11.4. The van der Waals surface area contributed by atoms with Crippen LogP contribution in [0.15, 0.2) is 48.6 Å². The molecule has 6 N–H and O–H groups in total. The quantitative estimate of drug-likeness (QED) is 0.0262. The molecule has 1 aliphatic rings. The molecule has 0 saturated carbocycles. The van der Waals surface area contributed by atoms with E-state index in [2.05, 4.69) is 55.6 Å². The third kappa shape index (κ3) is 32.5. The first-order chi connectivity index (χ1) is 29.8. The summed E-state index contributed by atoms with van der Waals surface area (Å²) in [6, 6.07) is -0.822. The SMILES string of the molecule is CCCCCCC/C=C/CC/C=C/C(O)C(COC1OC(CO)C(O)C(O)C1O)NC(=O)CCCCCCCCCCCCC/C=C\C/C=C\CCCCCCCCCCC. The Kier molecular flexibility index (Phi) is 39.5. The standard InChI is InChI=1S/C52H95NO8/c1-3-5-7-9-11-13-15-16-17-18-19-20-21-22-23-24-25-26-27-28-29-30-32-34-36-38-40-42-48(56)53-45(44-60-52-51(59)50(58)49(57)47(43-54)61-52)46(55)41-39-37-35-33-31-14-12-10-8-6-4-2/h19-20,22-23,31,33,39,41,45-47,49-52,54-55,57-59H,3-18,21,24-30,32,34-38,40,42-44H2,1-2H3,(H,53,56)/b20-19-,23-22-,33-31+,41-39+. The van der Waals surface area contributed by atoms with Crippen molar-refractivity contribution in [3.05, 3.63) is 48.6 Å². The third-order valence-corrected chi connectivity index (χ3v) is 11.9. The molecule has 9 nitrogen and oxygen atoms in total. The summed E-state index contributed by atoms with van der Waals surface area (Å²) >= 11 is 0. The maximum Gasteiger partial charge on any atom is 0.220 e. The van der Waals surface area contributed by atoms with Gasteiger partial charge >= 0.3 is 0 Å². The van der Waals surface area contributed by atoms with Crippen molar-refractivity contribution in [3.63, 3.8) is 0 Å². The second-order valence-corrected chi connectivity index (χ2v) is 17.6. The fourth-order valence-corrected chi connectivity index (χ4v) is 7.79. The fourth-order valence-electron chi connectivity index (χ4n) is 7.79. The van der Waals surface area contributed by atoms with Crippen LogP contribution in [-0.2, 0) is 14.3 Å². The first kappa shape index (κ1) is 57.2. The molecule has 1 heterocycles. The lowest BCUT2D eigenvalue weighted by molar-refractivity contribution is -0.302. The van der Waals surface area contributed by atoms with E-state index in [9.17, 15) is 30.3 Å². The fraction of sp³-hybridized carbons (Fsp3) is 0.827. The second kappa shape index (κ2) is 42.1. The number of amides is 1. The van der Waals surface area contributed by atoms with Gasteiger partial charge in [-0.05, 0) is 64.2 Å². The van der Waals surface area contributed by atoms with E-state index in [1.54, 1.807) is 6.08 Å². The zero-order valence-corrected chi connectivity index (χ0v) is 39.2. The molecule has 0 bridgehead atoms. The highest BCUT2D eigenvalue weighted by Gasteiger charge is 2.44. The van der Waals surface area contributed by atoms with Crippen LogP contribution in [0.3, 0.4) is 0 Å². The van der Waals surface area contributed by atoms with E-state index < -0.39 is 49.5 Å². The van der Waals surface area contributed by atoms with Gasteiger partial charge in [0.05, 0.1) is 25.4 Å². The lowest BCUT2D eigenvalue weighted by Crippen LogP contribution is -2.60. The van der Waals surface area contributed by atoms with E-state index in [1.807, 2.05) is 6.08 Å². The van der Waals surface area contributed by atoms with Crippen molar-refractivity contribution in [2.75, 3.05) is 13.2 Å². The summed E-state index contributed by atoms with van der Waals surface area (Å²) in [5, 5.41) is 54.1. The van der Waals surface area contributed by atoms with Crippen LogP contribution in [0, 0.1) is 0 Å². The van der Waals surface area contributed by atoms with Gasteiger partial charge < -0.3 is 40.3 Å². The summed E-state index contributed by atoms with van der Waals surface area (Å²) in [5.74, 6) is -0.191. The zero-order chi connectivity index (χ0) is 44.4. The van der Waals surface area contributed by atoms with E-state index in [4.69, 9.17) is 9.47 Å². The van der Waals surface area contributed by atoms with Crippen molar-refractivity contribution in [2.45, 2.75) is 262 Å². The Morgan fingerprint density at radius 2 is 0.984 bits per heavy atom. The van der Waals surface area contributed by atoms with Gasteiger partial charge in [0.15, 0.2) is 6.29 Å². The molecular formula is C52H95NO8. The van der Waals surface area contributed by atoms with Crippen LogP contribution < -0.4 is 5.32 Å². The maximum atomic E-state index is 13.0. The Morgan fingerprint density at radius 3 is 1.48 bits per heavy atom. The highest BCUT2D eigenvalue weighted by molar-refractivity contribution is 5.76. The van der Waals surface area contributed by atoms with Crippen LogP contribution in [0.5, 0.6) is 0 Å². The molecule has 0 aromatic carbocycles. The van der Waals surface area contributed by atoms with Crippen LogP contribution >= 0.6 is 0 Å². The molecule has 1 aliphatic heterocycles. The molecule has 7 unspecified atom stereocenters. The number of hydrogen-bond acceptors (Lipinski definition) is 8. The van der Waals surface area contributed by atoms with Crippen molar-refractivity contribution in [2.24, 2.45) is 0 Å². The Labute approximate surface area is 373 Å². The summed E-state index contributed by atoms with van der Waals surface area (Å²) in [6.45, 7) is 3.73. The van der Waals surface area contributed by atoms with E-state index in [0.29, 0.717) is 6.42 Å². The highest BCUT2D eigenvalue weighted by atomic mass is 16.7. The number of aliphatic hydroxyl groups is 5. The molecule has 9 heteroatoms. The van der Waals surface area contributed by atoms with Gasteiger partial charge in [-0.15, -0.1) is 0 Å².